The second kappa shape index (κ2) is 13.1. The number of carbonyl (C=O) groups is 1. The number of carboxylic acids is 1. The SMILES string of the molecule is COc1cc(/C=C/c2cccc(-c3ccccc3)c2C)cc(OC)c1CN.O=C(O)CCO. The number of ether oxygens (including phenoxy) is 2. The van der Waals surface area contributed by atoms with Crippen molar-refractivity contribution in [3.63, 3.8) is 0 Å². The zero-order valence-electron chi connectivity index (χ0n) is 19.2. The van der Waals surface area contributed by atoms with E-state index in [4.69, 9.17) is 25.4 Å². The molecule has 6 nitrogen and oxygen atoms in total. The van der Waals surface area contributed by atoms with E-state index in [-0.39, 0.29) is 13.0 Å². The Labute approximate surface area is 194 Å². The molecule has 0 aliphatic heterocycles. The predicted molar refractivity (Wildman–Crippen MR) is 132 cm³/mol. The lowest BCUT2D eigenvalue weighted by molar-refractivity contribution is -0.137. The number of rotatable bonds is 8. The van der Waals surface area contributed by atoms with Crippen LogP contribution in [0, 0.1) is 6.92 Å². The summed E-state index contributed by atoms with van der Waals surface area (Å²) < 4.78 is 11.0. The van der Waals surface area contributed by atoms with Gasteiger partial charge < -0.3 is 25.4 Å². The van der Waals surface area contributed by atoms with Gasteiger partial charge in [-0.05, 0) is 46.9 Å². The number of aliphatic hydroxyl groups excluding tert-OH is 1. The second-order valence-corrected chi connectivity index (χ2v) is 7.19. The van der Waals surface area contributed by atoms with Crippen molar-refractivity contribution in [1.29, 1.82) is 0 Å². The summed E-state index contributed by atoms with van der Waals surface area (Å²) in [6, 6.07) is 20.8. The van der Waals surface area contributed by atoms with Gasteiger partial charge in [0.1, 0.15) is 11.5 Å². The molecule has 0 saturated heterocycles. The Kier molecular flexibility index (Phi) is 10.1. The molecule has 6 heteroatoms. The number of aliphatic carboxylic acids is 1. The molecule has 3 rings (SSSR count). The first-order valence-electron chi connectivity index (χ1n) is 10.6. The molecule has 0 spiro atoms. The normalized spacial score (nSPS) is 10.5. The molecule has 0 amide bonds. The standard InChI is InChI=1S/C24H25NO2.C3H6O3/c1-17-19(10-7-11-21(17)20-8-5-4-6-9-20)13-12-18-14-23(26-2)22(16-25)24(15-18)27-3;4-2-1-3(5)6/h4-15H,16,25H2,1-3H3;4H,1-2H2,(H,5,6)/b13-12+;. The van der Waals surface area contributed by atoms with Crippen LogP contribution in [0.1, 0.15) is 28.7 Å². The molecule has 3 aromatic carbocycles. The Hall–Kier alpha value is -3.61. The van der Waals surface area contributed by atoms with E-state index in [1.165, 1.54) is 22.3 Å². The van der Waals surface area contributed by atoms with Crippen LogP contribution < -0.4 is 15.2 Å². The van der Waals surface area contributed by atoms with Crippen molar-refractivity contribution >= 4 is 18.1 Å². The first kappa shape index (κ1) is 25.6. The highest BCUT2D eigenvalue weighted by Gasteiger charge is 2.10. The molecule has 0 aliphatic rings. The molecule has 0 heterocycles. The van der Waals surface area contributed by atoms with Crippen LogP contribution in [-0.4, -0.2) is 37.0 Å². The molecule has 0 saturated carbocycles. The van der Waals surface area contributed by atoms with Gasteiger partial charge in [-0.25, -0.2) is 0 Å². The van der Waals surface area contributed by atoms with Crippen LogP contribution in [0.4, 0.5) is 0 Å². The molecule has 4 N–H and O–H groups in total. The summed E-state index contributed by atoms with van der Waals surface area (Å²) in [6.45, 7) is 2.25. The zero-order valence-corrected chi connectivity index (χ0v) is 19.2. The van der Waals surface area contributed by atoms with Gasteiger partial charge in [-0.15, -0.1) is 0 Å². The molecule has 33 heavy (non-hydrogen) atoms. The molecule has 0 aliphatic carbocycles. The average molecular weight is 450 g/mol. The van der Waals surface area contributed by atoms with Crippen molar-refractivity contribution in [3.8, 4) is 22.6 Å². The zero-order chi connectivity index (χ0) is 24.2. The van der Waals surface area contributed by atoms with E-state index in [0.29, 0.717) is 6.54 Å². The van der Waals surface area contributed by atoms with Crippen LogP contribution in [0.5, 0.6) is 11.5 Å². The van der Waals surface area contributed by atoms with Crippen molar-refractivity contribution in [1.82, 2.24) is 0 Å². The van der Waals surface area contributed by atoms with Crippen LogP contribution in [0.25, 0.3) is 23.3 Å². The number of methoxy groups -OCH3 is 2. The van der Waals surface area contributed by atoms with Gasteiger partial charge in [0, 0.05) is 12.1 Å². The van der Waals surface area contributed by atoms with Gasteiger partial charge in [0.2, 0.25) is 0 Å². The first-order valence-corrected chi connectivity index (χ1v) is 10.6. The smallest absolute Gasteiger partial charge is 0.305 e. The van der Waals surface area contributed by atoms with Gasteiger partial charge in [0.05, 0.1) is 27.2 Å². The maximum atomic E-state index is 9.44. The molecule has 0 atom stereocenters. The topological polar surface area (TPSA) is 102 Å². The van der Waals surface area contributed by atoms with E-state index in [1.807, 2.05) is 18.2 Å². The minimum absolute atomic E-state index is 0.153. The van der Waals surface area contributed by atoms with Gasteiger partial charge in [0.25, 0.3) is 0 Å². The predicted octanol–water partition coefficient (Wildman–Crippen LogP) is 4.76. The summed E-state index contributed by atoms with van der Waals surface area (Å²) >= 11 is 0. The maximum Gasteiger partial charge on any atom is 0.305 e. The van der Waals surface area contributed by atoms with Gasteiger partial charge in [-0.3, -0.25) is 4.79 Å². The third-order valence-corrected chi connectivity index (χ3v) is 5.08. The van der Waals surface area contributed by atoms with Gasteiger partial charge in [-0.2, -0.15) is 0 Å². The van der Waals surface area contributed by atoms with Crippen LogP contribution in [0.3, 0.4) is 0 Å². The van der Waals surface area contributed by atoms with Crippen molar-refractivity contribution in [2.75, 3.05) is 20.8 Å². The summed E-state index contributed by atoms with van der Waals surface area (Å²) in [5.74, 6) is 0.523. The Bertz CT molecular complexity index is 1050. The fourth-order valence-electron chi connectivity index (χ4n) is 3.35. The largest absolute Gasteiger partial charge is 0.496 e. The molecular formula is C27H31NO5. The number of benzene rings is 3. The summed E-state index contributed by atoms with van der Waals surface area (Å²) in [4.78, 5) is 9.44. The number of hydrogen-bond acceptors (Lipinski definition) is 5. The average Bonchev–Trinajstić information content (AvgIpc) is 2.83. The van der Waals surface area contributed by atoms with Crippen molar-refractivity contribution in [3.05, 3.63) is 82.9 Å². The quantitative estimate of drug-likeness (QED) is 0.429. The Morgan fingerprint density at radius 1 is 0.970 bits per heavy atom. The number of nitrogens with two attached hydrogens (primary N) is 1. The monoisotopic (exact) mass is 449 g/mol. The molecule has 0 unspecified atom stereocenters. The minimum Gasteiger partial charge on any atom is -0.496 e. The lowest BCUT2D eigenvalue weighted by Crippen LogP contribution is -2.03. The second-order valence-electron chi connectivity index (χ2n) is 7.19. The highest BCUT2D eigenvalue weighted by atomic mass is 16.5. The van der Waals surface area contributed by atoms with Crippen molar-refractivity contribution in [2.24, 2.45) is 5.73 Å². The highest BCUT2D eigenvalue weighted by Crippen LogP contribution is 2.31. The fraction of sp³-hybridized carbons (Fsp3) is 0.222. The lowest BCUT2D eigenvalue weighted by atomic mass is 9.96. The summed E-state index contributed by atoms with van der Waals surface area (Å²) in [6.07, 6.45) is 4.04. The van der Waals surface area contributed by atoms with Crippen LogP contribution in [0.15, 0.2) is 60.7 Å². The Morgan fingerprint density at radius 2 is 1.61 bits per heavy atom. The van der Waals surface area contributed by atoms with Crippen LogP contribution in [0.2, 0.25) is 0 Å². The Balaban J connectivity index is 0.000000569. The first-order chi connectivity index (χ1) is 15.9. The van der Waals surface area contributed by atoms with Gasteiger partial charge >= 0.3 is 5.97 Å². The summed E-state index contributed by atoms with van der Waals surface area (Å²) in [5.41, 5.74) is 12.6. The van der Waals surface area contributed by atoms with Gasteiger partial charge in [-0.1, -0.05) is 60.7 Å². The number of hydrogen-bond donors (Lipinski definition) is 3. The van der Waals surface area contributed by atoms with Gasteiger partial charge in [0.15, 0.2) is 0 Å². The molecule has 174 valence electrons. The van der Waals surface area contributed by atoms with Crippen LogP contribution in [-0.2, 0) is 11.3 Å². The maximum absolute atomic E-state index is 9.44. The summed E-state index contributed by atoms with van der Waals surface area (Å²) in [5, 5.41) is 15.6. The minimum atomic E-state index is -0.961. The molecule has 0 fully saturated rings. The van der Waals surface area contributed by atoms with Crippen LogP contribution >= 0.6 is 0 Å². The molecule has 0 bridgehead atoms. The Morgan fingerprint density at radius 3 is 2.09 bits per heavy atom. The van der Waals surface area contributed by atoms with Crippen molar-refractivity contribution < 1.29 is 24.5 Å². The fourth-order valence-corrected chi connectivity index (χ4v) is 3.35. The number of aliphatic hydroxyl groups is 1. The molecule has 0 radical (unpaired) electrons. The van der Waals surface area contributed by atoms with Crippen molar-refractivity contribution in [2.45, 2.75) is 19.9 Å². The van der Waals surface area contributed by atoms with E-state index in [1.54, 1.807) is 14.2 Å². The molecule has 3 aromatic rings. The molecule has 0 aromatic heterocycles. The number of carboxylic acid groups (broad SMARTS) is 1. The van der Waals surface area contributed by atoms with E-state index in [2.05, 4.69) is 61.5 Å². The van der Waals surface area contributed by atoms with E-state index >= 15 is 0 Å². The lowest BCUT2D eigenvalue weighted by Gasteiger charge is -2.13. The van der Waals surface area contributed by atoms with E-state index < -0.39 is 5.97 Å². The van der Waals surface area contributed by atoms with E-state index in [0.717, 1.165) is 22.6 Å². The molecular weight excluding hydrogens is 418 g/mol. The third-order valence-electron chi connectivity index (χ3n) is 5.08. The van der Waals surface area contributed by atoms with E-state index in [9.17, 15) is 4.79 Å². The summed E-state index contributed by atoms with van der Waals surface area (Å²) in [7, 11) is 3.30. The third kappa shape index (κ3) is 7.20. The highest BCUT2D eigenvalue weighted by molar-refractivity contribution is 5.78.